The topological polar surface area (TPSA) is 75.7 Å². The van der Waals surface area contributed by atoms with Crippen molar-refractivity contribution in [2.75, 3.05) is 35.0 Å². The van der Waals surface area contributed by atoms with Crippen LogP contribution in [0.5, 0.6) is 34.5 Å². The summed E-state index contributed by atoms with van der Waals surface area (Å²) in [6.45, 7) is 0.926. The molecule has 9 heteroatoms. The minimum Gasteiger partial charge on any atom is -0.493 e. The van der Waals surface area contributed by atoms with Gasteiger partial charge in [0.2, 0.25) is 11.5 Å². The summed E-state index contributed by atoms with van der Waals surface area (Å²) >= 11 is 0. The van der Waals surface area contributed by atoms with Gasteiger partial charge in [-0.05, 0) is 71.1 Å². The van der Waals surface area contributed by atoms with Crippen molar-refractivity contribution in [3.05, 3.63) is 142 Å². The first-order chi connectivity index (χ1) is 23.9. The molecule has 1 amide bonds. The van der Waals surface area contributed by atoms with Gasteiger partial charge in [-0.1, -0.05) is 60.7 Å². The molecule has 0 aromatic heterocycles. The summed E-state index contributed by atoms with van der Waals surface area (Å²) in [6, 6.07) is 30.1. The number of methoxy groups -OCH3 is 4. The summed E-state index contributed by atoms with van der Waals surface area (Å²) in [5.41, 5.74) is 4.65. The lowest BCUT2D eigenvalue weighted by Gasteiger charge is -2.39. The number of rotatable bonds is 12. The smallest absolute Gasteiger partial charge is 0.254 e. The number of ether oxygens (including phenoxy) is 6. The number of hydrogen-bond donors (Lipinski definition) is 0. The van der Waals surface area contributed by atoms with Crippen LogP contribution in [-0.2, 0) is 19.6 Å². The van der Waals surface area contributed by atoms with E-state index in [9.17, 15) is 9.18 Å². The quantitative estimate of drug-likeness (QED) is 0.135. The maximum absolute atomic E-state index is 14.3. The molecule has 0 spiro atoms. The van der Waals surface area contributed by atoms with Crippen molar-refractivity contribution in [2.45, 2.75) is 25.7 Å². The van der Waals surface area contributed by atoms with Gasteiger partial charge in [0.05, 0.1) is 34.5 Å². The lowest BCUT2D eigenvalue weighted by molar-refractivity contribution is 0.0690. The Kier molecular flexibility index (Phi) is 10.2. The van der Waals surface area contributed by atoms with Crippen LogP contribution in [0.3, 0.4) is 0 Å². The highest BCUT2D eigenvalue weighted by atomic mass is 19.1. The Labute approximate surface area is 285 Å². The van der Waals surface area contributed by atoms with Crippen LogP contribution in [0.4, 0.5) is 4.39 Å². The van der Waals surface area contributed by atoms with Gasteiger partial charge >= 0.3 is 0 Å². The highest BCUT2D eigenvalue weighted by Gasteiger charge is 2.38. The fraction of sp³-hybridized carbons (Fsp3) is 0.225. The van der Waals surface area contributed by atoms with Gasteiger partial charge in [-0.3, -0.25) is 4.79 Å². The maximum atomic E-state index is 14.3. The van der Waals surface area contributed by atoms with Gasteiger partial charge in [0.1, 0.15) is 19.0 Å². The molecule has 0 bridgehead atoms. The molecule has 5 aromatic rings. The monoisotopic (exact) mass is 663 g/mol. The van der Waals surface area contributed by atoms with Crippen LogP contribution in [-0.4, -0.2) is 45.8 Å². The molecule has 8 nitrogen and oxygen atoms in total. The zero-order chi connectivity index (χ0) is 34.3. The summed E-state index contributed by atoms with van der Waals surface area (Å²) in [7, 11) is 6.28. The predicted octanol–water partition coefficient (Wildman–Crippen LogP) is 7.81. The van der Waals surface area contributed by atoms with E-state index in [4.69, 9.17) is 28.4 Å². The highest BCUT2D eigenvalue weighted by molar-refractivity contribution is 5.95. The van der Waals surface area contributed by atoms with Crippen LogP contribution in [0, 0.1) is 5.82 Å². The second-order valence-corrected chi connectivity index (χ2v) is 11.5. The Morgan fingerprint density at radius 1 is 0.673 bits per heavy atom. The van der Waals surface area contributed by atoms with Crippen molar-refractivity contribution in [3.8, 4) is 34.5 Å². The van der Waals surface area contributed by atoms with Crippen molar-refractivity contribution in [1.29, 1.82) is 0 Å². The van der Waals surface area contributed by atoms with E-state index in [0.29, 0.717) is 65.2 Å². The lowest BCUT2D eigenvalue weighted by atomic mass is 9.86. The Bertz CT molecular complexity index is 1870. The van der Waals surface area contributed by atoms with Crippen LogP contribution in [0.25, 0.3) is 0 Å². The average molecular weight is 664 g/mol. The van der Waals surface area contributed by atoms with Gasteiger partial charge in [0.25, 0.3) is 5.91 Å². The number of halogens is 1. The molecule has 0 N–H and O–H groups in total. The molecule has 1 heterocycles. The molecule has 1 unspecified atom stereocenters. The standard InChI is InChI=1S/C40H38FNO7/c1-44-32-22-30(23-33(45-2)37(32)48-24-26-11-7-5-8-12-26)36-35-29(19-20-42(36)40(43)28-15-17-31(41)18-16-28)21-34(46-3)38(39(35)47-4)49-25-27-13-9-6-10-14-27/h5-18,21-23,36H,19-20,24-25H2,1-4H3. The minimum atomic E-state index is -0.688. The first-order valence-corrected chi connectivity index (χ1v) is 15.9. The molecule has 0 fully saturated rings. The summed E-state index contributed by atoms with van der Waals surface area (Å²) in [5.74, 6) is 1.96. The fourth-order valence-corrected chi connectivity index (χ4v) is 6.19. The zero-order valence-electron chi connectivity index (χ0n) is 27.9. The van der Waals surface area contributed by atoms with Crippen LogP contribution in [0.2, 0.25) is 0 Å². The third kappa shape index (κ3) is 6.97. The van der Waals surface area contributed by atoms with Crippen molar-refractivity contribution in [1.82, 2.24) is 4.90 Å². The number of nitrogens with zero attached hydrogens (tertiary/aromatic N) is 1. The van der Waals surface area contributed by atoms with Crippen molar-refractivity contribution >= 4 is 5.91 Å². The Morgan fingerprint density at radius 2 is 1.20 bits per heavy atom. The summed E-state index contributed by atoms with van der Waals surface area (Å²) in [5, 5.41) is 0. The summed E-state index contributed by atoms with van der Waals surface area (Å²) in [4.78, 5) is 16.0. The minimum absolute atomic E-state index is 0.268. The van der Waals surface area contributed by atoms with Crippen LogP contribution < -0.4 is 28.4 Å². The molecule has 0 saturated heterocycles. The molecule has 49 heavy (non-hydrogen) atoms. The van der Waals surface area contributed by atoms with E-state index in [-0.39, 0.29) is 12.5 Å². The van der Waals surface area contributed by atoms with E-state index >= 15 is 0 Å². The third-order valence-corrected chi connectivity index (χ3v) is 8.56. The highest BCUT2D eigenvalue weighted by Crippen LogP contribution is 2.52. The van der Waals surface area contributed by atoms with Gasteiger partial charge in [-0.25, -0.2) is 4.39 Å². The second kappa shape index (κ2) is 15.0. The van der Waals surface area contributed by atoms with Crippen molar-refractivity contribution in [2.24, 2.45) is 0 Å². The summed E-state index contributed by atoms with van der Waals surface area (Å²) < 4.78 is 50.2. The van der Waals surface area contributed by atoms with Gasteiger partial charge in [0, 0.05) is 17.7 Å². The lowest BCUT2D eigenvalue weighted by Crippen LogP contribution is -2.41. The van der Waals surface area contributed by atoms with Gasteiger partial charge in [-0.2, -0.15) is 0 Å². The van der Waals surface area contributed by atoms with E-state index < -0.39 is 11.9 Å². The van der Waals surface area contributed by atoms with Crippen molar-refractivity contribution < 1.29 is 37.6 Å². The van der Waals surface area contributed by atoms with Gasteiger partial charge in [0.15, 0.2) is 23.0 Å². The van der Waals surface area contributed by atoms with E-state index in [1.807, 2.05) is 78.9 Å². The molecule has 0 radical (unpaired) electrons. The third-order valence-electron chi connectivity index (χ3n) is 8.56. The van der Waals surface area contributed by atoms with E-state index in [1.165, 1.54) is 24.3 Å². The Balaban J connectivity index is 1.50. The molecule has 1 atom stereocenters. The SMILES string of the molecule is COc1cc(C2c3c(cc(OC)c(OCc4ccccc4)c3OC)CCN2C(=O)c2ccc(F)cc2)cc(OC)c1OCc1ccccc1. The molecular weight excluding hydrogens is 625 g/mol. The molecule has 1 aliphatic heterocycles. The number of carbonyl (C=O) groups is 1. The predicted molar refractivity (Wildman–Crippen MR) is 184 cm³/mol. The first-order valence-electron chi connectivity index (χ1n) is 15.9. The van der Waals surface area contributed by atoms with Crippen molar-refractivity contribution in [3.63, 3.8) is 0 Å². The zero-order valence-corrected chi connectivity index (χ0v) is 27.9. The molecule has 6 rings (SSSR count). The largest absolute Gasteiger partial charge is 0.493 e. The molecule has 1 aliphatic rings. The van der Waals surface area contributed by atoms with Gasteiger partial charge in [-0.15, -0.1) is 0 Å². The van der Waals surface area contributed by atoms with E-state index in [1.54, 1.807) is 33.3 Å². The average Bonchev–Trinajstić information content (AvgIpc) is 3.15. The number of benzene rings is 5. The molecule has 252 valence electrons. The number of hydrogen-bond acceptors (Lipinski definition) is 7. The van der Waals surface area contributed by atoms with Crippen LogP contribution in [0.15, 0.2) is 103 Å². The number of carbonyl (C=O) groups excluding carboxylic acids is 1. The van der Waals surface area contributed by atoms with E-state index in [0.717, 1.165) is 22.3 Å². The fourth-order valence-electron chi connectivity index (χ4n) is 6.19. The Morgan fingerprint density at radius 3 is 1.73 bits per heavy atom. The maximum Gasteiger partial charge on any atom is 0.254 e. The molecule has 5 aromatic carbocycles. The number of fused-ring (bicyclic) bond motifs is 1. The Hall–Kier alpha value is -5.70. The van der Waals surface area contributed by atoms with Crippen LogP contribution in [0.1, 0.15) is 44.2 Å². The molecule has 0 aliphatic carbocycles. The van der Waals surface area contributed by atoms with Crippen LogP contribution >= 0.6 is 0 Å². The molecular formula is C40H38FNO7. The van der Waals surface area contributed by atoms with Gasteiger partial charge < -0.3 is 33.3 Å². The number of amides is 1. The second-order valence-electron chi connectivity index (χ2n) is 11.5. The molecule has 0 saturated carbocycles. The van der Waals surface area contributed by atoms with E-state index in [2.05, 4.69) is 0 Å². The summed E-state index contributed by atoms with van der Waals surface area (Å²) in [6.07, 6.45) is 0.511. The first kappa shape index (κ1) is 33.2. The normalized spacial score (nSPS) is 13.7.